The normalized spacial score (nSPS) is 10.1. The second-order valence-corrected chi connectivity index (χ2v) is 6.45. The molecule has 0 saturated carbocycles. The van der Waals surface area contributed by atoms with Gasteiger partial charge in [0.05, 0.1) is 12.7 Å². The largest absolute Gasteiger partial charge is 0.465 e. The second kappa shape index (κ2) is 9.55. The van der Waals surface area contributed by atoms with Crippen LogP contribution in [0.1, 0.15) is 23.7 Å². The summed E-state index contributed by atoms with van der Waals surface area (Å²) in [5.41, 5.74) is 2.61. The Bertz CT molecular complexity index is 847. The SMILES string of the molecule is COC(=O)c1cccc(NC(=O)CCN(C(C)=O)c2ccc(N(C)C)cc2)c1. The van der Waals surface area contributed by atoms with E-state index in [1.807, 2.05) is 43.3 Å². The summed E-state index contributed by atoms with van der Waals surface area (Å²) in [6, 6.07) is 14.1. The molecular formula is C21H25N3O4. The summed E-state index contributed by atoms with van der Waals surface area (Å²) in [4.78, 5) is 39.4. The molecule has 2 rings (SSSR count). The summed E-state index contributed by atoms with van der Waals surface area (Å²) in [6.45, 7) is 1.72. The Labute approximate surface area is 164 Å². The Kier molecular flexibility index (Phi) is 7.14. The van der Waals surface area contributed by atoms with Gasteiger partial charge >= 0.3 is 5.97 Å². The number of hydrogen-bond acceptors (Lipinski definition) is 5. The summed E-state index contributed by atoms with van der Waals surface area (Å²) in [6.07, 6.45) is 0.122. The third-order valence-electron chi connectivity index (χ3n) is 4.19. The Morgan fingerprint density at radius 3 is 2.21 bits per heavy atom. The third-order valence-corrected chi connectivity index (χ3v) is 4.19. The number of nitrogens with one attached hydrogen (secondary N) is 1. The molecule has 1 N–H and O–H groups in total. The molecule has 0 aliphatic rings. The molecule has 0 spiro atoms. The zero-order valence-corrected chi connectivity index (χ0v) is 16.6. The van der Waals surface area contributed by atoms with Gasteiger partial charge in [0.15, 0.2) is 0 Å². The van der Waals surface area contributed by atoms with Crippen LogP contribution in [0.3, 0.4) is 0 Å². The Balaban J connectivity index is 2.01. The molecule has 148 valence electrons. The molecule has 7 heteroatoms. The van der Waals surface area contributed by atoms with Crippen molar-refractivity contribution in [2.24, 2.45) is 0 Å². The molecule has 0 unspecified atom stereocenters. The van der Waals surface area contributed by atoms with E-state index in [-0.39, 0.29) is 24.8 Å². The first-order valence-corrected chi connectivity index (χ1v) is 8.85. The van der Waals surface area contributed by atoms with Crippen molar-refractivity contribution in [3.05, 3.63) is 54.1 Å². The fourth-order valence-electron chi connectivity index (χ4n) is 2.68. The van der Waals surface area contributed by atoms with Crippen molar-refractivity contribution >= 4 is 34.8 Å². The molecule has 2 aromatic rings. The number of carbonyl (C=O) groups is 3. The molecule has 0 heterocycles. The van der Waals surface area contributed by atoms with Gasteiger partial charge in [-0.05, 0) is 42.5 Å². The van der Waals surface area contributed by atoms with Crippen molar-refractivity contribution in [2.75, 3.05) is 42.9 Å². The molecule has 0 radical (unpaired) electrons. The van der Waals surface area contributed by atoms with Crippen LogP contribution in [0.4, 0.5) is 17.1 Å². The van der Waals surface area contributed by atoms with Crippen molar-refractivity contribution < 1.29 is 19.1 Å². The van der Waals surface area contributed by atoms with Gasteiger partial charge in [0.2, 0.25) is 11.8 Å². The summed E-state index contributed by atoms with van der Waals surface area (Å²) in [5.74, 6) is -0.865. The third kappa shape index (κ3) is 5.57. The predicted octanol–water partition coefficient (Wildman–Crippen LogP) is 2.92. The number of anilines is 3. The number of nitrogens with zero attached hydrogens (tertiary/aromatic N) is 2. The topological polar surface area (TPSA) is 79.0 Å². The van der Waals surface area contributed by atoms with Gasteiger partial charge in [-0.15, -0.1) is 0 Å². The van der Waals surface area contributed by atoms with Crippen molar-refractivity contribution in [3.8, 4) is 0 Å². The minimum Gasteiger partial charge on any atom is -0.465 e. The van der Waals surface area contributed by atoms with Gasteiger partial charge in [0.1, 0.15) is 0 Å². The molecule has 2 amide bonds. The standard InChI is InChI=1S/C21H25N3O4/c1-15(25)24(19-10-8-18(9-11-19)23(2)3)13-12-20(26)22-17-7-5-6-16(14-17)21(27)28-4/h5-11,14H,12-13H2,1-4H3,(H,22,26). The van der Waals surface area contributed by atoms with Crippen LogP contribution in [0.25, 0.3) is 0 Å². The molecule has 0 aliphatic heterocycles. The number of amides is 2. The zero-order valence-electron chi connectivity index (χ0n) is 16.6. The highest BCUT2D eigenvalue weighted by molar-refractivity contribution is 5.96. The quantitative estimate of drug-likeness (QED) is 0.744. The van der Waals surface area contributed by atoms with Crippen LogP contribution in [0.5, 0.6) is 0 Å². The summed E-state index contributed by atoms with van der Waals surface area (Å²) in [5, 5.41) is 2.74. The fraction of sp³-hybridized carbons (Fsp3) is 0.286. The van der Waals surface area contributed by atoms with Crippen LogP contribution < -0.4 is 15.1 Å². The van der Waals surface area contributed by atoms with Crippen LogP contribution in [-0.2, 0) is 14.3 Å². The highest BCUT2D eigenvalue weighted by atomic mass is 16.5. The number of methoxy groups -OCH3 is 1. The first kappa shape index (κ1) is 21.0. The summed E-state index contributed by atoms with van der Waals surface area (Å²) < 4.78 is 4.67. The van der Waals surface area contributed by atoms with Crippen LogP contribution >= 0.6 is 0 Å². The van der Waals surface area contributed by atoms with Gasteiger partial charge in [-0.25, -0.2) is 4.79 Å². The number of benzene rings is 2. The molecular weight excluding hydrogens is 358 g/mol. The molecule has 0 bridgehead atoms. The molecule has 0 atom stereocenters. The summed E-state index contributed by atoms with van der Waals surface area (Å²) >= 11 is 0. The first-order valence-electron chi connectivity index (χ1n) is 8.85. The number of carbonyl (C=O) groups excluding carboxylic acids is 3. The maximum atomic E-state index is 12.3. The molecule has 28 heavy (non-hydrogen) atoms. The lowest BCUT2D eigenvalue weighted by molar-refractivity contribution is -0.117. The smallest absolute Gasteiger partial charge is 0.337 e. The van der Waals surface area contributed by atoms with Crippen molar-refractivity contribution in [2.45, 2.75) is 13.3 Å². The Hall–Kier alpha value is -3.35. The Morgan fingerprint density at radius 1 is 1.00 bits per heavy atom. The van der Waals surface area contributed by atoms with Crippen LogP contribution in [-0.4, -0.2) is 45.5 Å². The van der Waals surface area contributed by atoms with Gasteiger partial charge < -0.3 is 19.9 Å². The highest BCUT2D eigenvalue weighted by Crippen LogP contribution is 2.20. The minimum atomic E-state index is -0.472. The maximum absolute atomic E-state index is 12.3. The van der Waals surface area contributed by atoms with E-state index in [2.05, 4.69) is 10.1 Å². The molecule has 0 aliphatic carbocycles. The lowest BCUT2D eigenvalue weighted by Gasteiger charge is -2.22. The zero-order chi connectivity index (χ0) is 20.7. The van der Waals surface area contributed by atoms with E-state index in [0.717, 1.165) is 11.4 Å². The fourth-order valence-corrected chi connectivity index (χ4v) is 2.68. The predicted molar refractivity (Wildman–Crippen MR) is 110 cm³/mol. The number of hydrogen-bond donors (Lipinski definition) is 1. The average molecular weight is 383 g/mol. The first-order chi connectivity index (χ1) is 13.3. The Morgan fingerprint density at radius 2 is 1.64 bits per heavy atom. The van der Waals surface area contributed by atoms with E-state index < -0.39 is 5.97 Å². The van der Waals surface area contributed by atoms with Gasteiger partial charge in [0.25, 0.3) is 0 Å². The molecule has 0 aromatic heterocycles. The number of esters is 1. The van der Waals surface area contributed by atoms with E-state index in [4.69, 9.17) is 0 Å². The lowest BCUT2D eigenvalue weighted by Crippen LogP contribution is -2.32. The molecule has 7 nitrogen and oxygen atoms in total. The monoisotopic (exact) mass is 383 g/mol. The van der Waals surface area contributed by atoms with E-state index in [1.54, 1.807) is 29.2 Å². The molecule has 0 fully saturated rings. The van der Waals surface area contributed by atoms with Gasteiger partial charge in [0, 0.05) is 51.0 Å². The van der Waals surface area contributed by atoms with Crippen LogP contribution in [0.15, 0.2) is 48.5 Å². The lowest BCUT2D eigenvalue weighted by atomic mass is 10.2. The minimum absolute atomic E-state index is 0.122. The van der Waals surface area contributed by atoms with E-state index in [9.17, 15) is 14.4 Å². The van der Waals surface area contributed by atoms with E-state index in [0.29, 0.717) is 11.3 Å². The maximum Gasteiger partial charge on any atom is 0.337 e. The van der Waals surface area contributed by atoms with E-state index in [1.165, 1.54) is 14.0 Å². The van der Waals surface area contributed by atoms with Gasteiger partial charge in [-0.2, -0.15) is 0 Å². The number of rotatable bonds is 7. The van der Waals surface area contributed by atoms with Crippen molar-refractivity contribution in [3.63, 3.8) is 0 Å². The van der Waals surface area contributed by atoms with Crippen LogP contribution in [0.2, 0.25) is 0 Å². The van der Waals surface area contributed by atoms with Gasteiger partial charge in [-0.3, -0.25) is 9.59 Å². The summed E-state index contributed by atoms with van der Waals surface area (Å²) in [7, 11) is 5.18. The van der Waals surface area contributed by atoms with Crippen molar-refractivity contribution in [1.29, 1.82) is 0 Å². The number of ether oxygens (including phenoxy) is 1. The van der Waals surface area contributed by atoms with E-state index >= 15 is 0 Å². The second-order valence-electron chi connectivity index (χ2n) is 6.45. The molecule has 0 saturated heterocycles. The van der Waals surface area contributed by atoms with Gasteiger partial charge in [-0.1, -0.05) is 6.07 Å². The average Bonchev–Trinajstić information content (AvgIpc) is 2.67. The van der Waals surface area contributed by atoms with Crippen LogP contribution in [0, 0.1) is 0 Å². The molecule has 2 aromatic carbocycles. The highest BCUT2D eigenvalue weighted by Gasteiger charge is 2.14. The van der Waals surface area contributed by atoms with Crippen molar-refractivity contribution in [1.82, 2.24) is 0 Å².